The van der Waals surface area contributed by atoms with Crippen LogP contribution in [0.3, 0.4) is 0 Å². The molecule has 9 heavy (non-hydrogen) atoms. The van der Waals surface area contributed by atoms with Gasteiger partial charge in [-0.2, -0.15) is 0 Å². The molecule has 2 aliphatic rings. The fourth-order valence-electron chi connectivity index (χ4n) is 1.84. The number of rotatable bonds is 0. The molecule has 2 saturated carbocycles. The zero-order valence-electron chi connectivity index (χ0n) is 4.85. The summed E-state index contributed by atoms with van der Waals surface area (Å²) in [6, 6.07) is 0. The molecule has 3 unspecified atom stereocenters. The number of halogens is 2. The predicted octanol–water partition coefficient (Wildman–Crippen LogP) is 1.56. The summed E-state index contributed by atoms with van der Waals surface area (Å²) in [5, 5.41) is 9.21. The van der Waals surface area contributed by atoms with Crippen molar-refractivity contribution in [2.24, 2.45) is 11.8 Å². The molecule has 0 saturated heterocycles. The van der Waals surface area contributed by atoms with Crippen LogP contribution in [0.4, 0.5) is 0 Å². The van der Waals surface area contributed by atoms with E-state index in [-0.39, 0.29) is 12.0 Å². The molecule has 0 aromatic rings. The van der Waals surface area contributed by atoms with Crippen LogP contribution in [0.25, 0.3) is 0 Å². The Morgan fingerprint density at radius 1 is 1.33 bits per heavy atom. The molecule has 0 aromatic carbocycles. The minimum absolute atomic E-state index is 0.181. The van der Waals surface area contributed by atoms with E-state index in [9.17, 15) is 5.11 Å². The zero-order valence-corrected chi connectivity index (χ0v) is 6.36. The van der Waals surface area contributed by atoms with Gasteiger partial charge < -0.3 is 5.11 Å². The summed E-state index contributed by atoms with van der Waals surface area (Å²) in [6.45, 7) is 0. The highest BCUT2D eigenvalue weighted by Gasteiger charge is 2.68. The van der Waals surface area contributed by atoms with E-state index in [0.717, 1.165) is 12.8 Å². The third-order valence-corrected chi connectivity index (χ3v) is 3.52. The quantitative estimate of drug-likeness (QED) is 0.542. The third kappa shape index (κ3) is 0.659. The van der Waals surface area contributed by atoms with Crippen LogP contribution in [0.1, 0.15) is 12.8 Å². The Labute approximate surface area is 64.0 Å². The fraction of sp³-hybridized carbons (Fsp3) is 1.00. The Kier molecular flexibility index (Phi) is 1.10. The maximum Gasteiger partial charge on any atom is 0.127 e. The fourth-order valence-corrected chi connectivity index (χ4v) is 2.80. The normalized spacial score (nSPS) is 53.0. The predicted molar refractivity (Wildman–Crippen MR) is 36.7 cm³/mol. The lowest BCUT2D eigenvalue weighted by Crippen LogP contribution is -2.11. The summed E-state index contributed by atoms with van der Waals surface area (Å²) in [5.41, 5.74) is 0. The lowest BCUT2D eigenvalue weighted by molar-refractivity contribution is 0.158. The van der Waals surface area contributed by atoms with Gasteiger partial charge in [-0.3, -0.25) is 0 Å². The number of aliphatic hydroxyl groups is 1. The maximum absolute atomic E-state index is 9.21. The molecule has 1 N–H and O–H groups in total. The van der Waals surface area contributed by atoms with Crippen molar-refractivity contribution in [1.82, 2.24) is 0 Å². The molecule has 0 amide bonds. The molecule has 1 nitrogen and oxygen atoms in total. The van der Waals surface area contributed by atoms with E-state index in [2.05, 4.69) is 0 Å². The molecule has 2 aliphatic carbocycles. The number of hydrogen-bond donors (Lipinski definition) is 1. The Hall–Kier alpha value is 0.540. The van der Waals surface area contributed by atoms with E-state index in [1.807, 2.05) is 0 Å². The molecule has 2 rings (SSSR count). The standard InChI is InChI=1S/C6H8Cl2O/c7-6(8)3-1-2-4(9)5(3)6/h3-5,9H,1-2H2. The van der Waals surface area contributed by atoms with Crippen molar-refractivity contribution < 1.29 is 5.11 Å². The minimum atomic E-state index is -0.572. The summed E-state index contributed by atoms with van der Waals surface area (Å²) in [6.07, 6.45) is 1.65. The van der Waals surface area contributed by atoms with Gasteiger partial charge in [0, 0.05) is 11.8 Å². The van der Waals surface area contributed by atoms with Crippen LogP contribution in [0, 0.1) is 11.8 Å². The second-order valence-corrected chi connectivity index (χ2v) is 4.40. The second-order valence-electron chi connectivity index (χ2n) is 2.95. The second kappa shape index (κ2) is 1.58. The summed E-state index contributed by atoms with van der Waals surface area (Å²) in [4.78, 5) is 0. The minimum Gasteiger partial charge on any atom is -0.393 e. The molecular formula is C6H8Cl2O. The molecule has 3 atom stereocenters. The molecule has 2 fully saturated rings. The van der Waals surface area contributed by atoms with E-state index >= 15 is 0 Å². The van der Waals surface area contributed by atoms with Gasteiger partial charge in [-0.15, -0.1) is 23.2 Å². The van der Waals surface area contributed by atoms with E-state index in [1.54, 1.807) is 0 Å². The molecular weight excluding hydrogens is 159 g/mol. The first-order valence-corrected chi connectivity index (χ1v) is 3.95. The van der Waals surface area contributed by atoms with Crippen LogP contribution in [0.2, 0.25) is 0 Å². The van der Waals surface area contributed by atoms with Crippen molar-refractivity contribution >= 4 is 23.2 Å². The van der Waals surface area contributed by atoms with Gasteiger partial charge in [-0.1, -0.05) is 0 Å². The van der Waals surface area contributed by atoms with Gasteiger partial charge in [0.05, 0.1) is 6.10 Å². The number of aliphatic hydroxyl groups excluding tert-OH is 1. The van der Waals surface area contributed by atoms with Crippen molar-refractivity contribution in [3.05, 3.63) is 0 Å². The van der Waals surface area contributed by atoms with Crippen LogP contribution in [-0.4, -0.2) is 15.5 Å². The average molecular weight is 167 g/mol. The number of hydrogen-bond acceptors (Lipinski definition) is 1. The molecule has 0 heterocycles. The summed E-state index contributed by atoms with van der Waals surface area (Å²) in [5.74, 6) is 0.566. The van der Waals surface area contributed by atoms with E-state index < -0.39 is 4.33 Å². The van der Waals surface area contributed by atoms with Gasteiger partial charge in [-0.05, 0) is 12.8 Å². The monoisotopic (exact) mass is 166 g/mol. The van der Waals surface area contributed by atoms with Crippen molar-refractivity contribution in [2.75, 3.05) is 0 Å². The summed E-state index contributed by atoms with van der Waals surface area (Å²) >= 11 is 11.6. The highest BCUT2D eigenvalue weighted by atomic mass is 35.5. The summed E-state index contributed by atoms with van der Waals surface area (Å²) < 4.78 is -0.572. The summed E-state index contributed by atoms with van der Waals surface area (Å²) in [7, 11) is 0. The molecule has 52 valence electrons. The highest BCUT2D eigenvalue weighted by Crippen LogP contribution is 2.66. The van der Waals surface area contributed by atoms with Crippen molar-refractivity contribution in [3.63, 3.8) is 0 Å². The average Bonchev–Trinajstić information content (AvgIpc) is 2.19. The Bertz CT molecular complexity index is 146. The first-order valence-electron chi connectivity index (χ1n) is 3.20. The molecule has 0 aliphatic heterocycles. The Morgan fingerprint density at radius 2 is 2.00 bits per heavy atom. The van der Waals surface area contributed by atoms with Crippen LogP contribution >= 0.6 is 23.2 Å². The first kappa shape index (κ1) is 6.26. The topological polar surface area (TPSA) is 20.2 Å². The Morgan fingerprint density at radius 3 is 2.22 bits per heavy atom. The third-order valence-electron chi connectivity index (χ3n) is 2.45. The SMILES string of the molecule is OC1CCC2C1C2(Cl)Cl. The van der Waals surface area contributed by atoms with Gasteiger partial charge in [0.25, 0.3) is 0 Å². The number of alkyl halides is 2. The van der Waals surface area contributed by atoms with Crippen LogP contribution in [0.5, 0.6) is 0 Å². The van der Waals surface area contributed by atoms with Crippen molar-refractivity contribution in [2.45, 2.75) is 23.3 Å². The van der Waals surface area contributed by atoms with Crippen LogP contribution in [-0.2, 0) is 0 Å². The van der Waals surface area contributed by atoms with Crippen LogP contribution in [0.15, 0.2) is 0 Å². The zero-order chi connectivity index (χ0) is 6.65. The first-order chi connectivity index (χ1) is 4.14. The molecule has 0 aromatic heterocycles. The molecule has 0 spiro atoms. The lowest BCUT2D eigenvalue weighted by atomic mass is 10.2. The Balaban J connectivity index is 2.14. The van der Waals surface area contributed by atoms with Gasteiger partial charge in [-0.25, -0.2) is 0 Å². The van der Waals surface area contributed by atoms with Gasteiger partial charge in [0.15, 0.2) is 0 Å². The molecule has 0 bridgehead atoms. The van der Waals surface area contributed by atoms with Crippen LogP contribution < -0.4 is 0 Å². The highest BCUT2D eigenvalue weighted by molar-refractivity contribution is 6.51. The van der Waals surface area contributed by atoms with E-state index in [4.69, 9.17) is 23.2 Å². The number of fused-ring (bicyclic) bond motifs is 1. The molecule has 0 radical (unpaired) electrons. The van der Waals surface area contributed by atoms with Crippen molar-refractivity contribution in [1.29, 1.82) is 0 Å². The van der Waals surface area contributed by atoms with E-state index in [1.165, 1.54) is 0 Å². The van der Waals surface area contributed by atoms with Crippen molar-refractivity contribution in [3.8, 4) is 0 Å². The smallest absolute Gasteiger partial charge is 0.127 e. The van der Waals surface area contributed by atoms with Gasteiger partial charge in [0.2, 0.25) is 0 Å². The largest absolute Gasteiger partial charge is 0.393 e. The van der Waals surface area contributed by atoms with Gasteiger partial charge in [0.1, 0.15) is 4.33 Å². The molecule has 3 heteroatoms. The van der Waals surface area contributed by atoms with E-state index in [0.29, 0.717) is 5.92 Å². The van der Waals surface area contributed by atoms with Gasteiger partial charge >= 0.3 is 0 Å². The maximum atomic E-state index is 9.21. The lowest BCUT2D eigenvalue weighted by Gasteiger charge is -2.06.